The third kappa shape index (κ3) is 4.30. The second kappa shape index (κ2) is 7.86. The lowest BCUT2D eigenvalue weighted by Gasteiger charge is -2.31. The summed E-state index contributed by atoms with van der Waals surface area (Å²) in [6.45, 7) is 1.95. The summed E-state index contributed by atoms with van der Waals surface area (Å²) in [6.07, 6.45) is 5.30. The second-order valence-corrected chi connectivity index (χ2v) is 8.04. The molecule has 0 amide bonds. The first-order valence-electron chi connectivity index (χ1n) is 7.91. The quantitative estimate of drug-likeness (QED) is 0.757. The first-order chi connectivity index (χ1) is 11.0. The number of carbonyl (C=O) groups is 1. The number of esters is 1. The van der Waals surface area contributed by atoms with E-state index in [1.165, 1.54) is 30.3 Å². The summed E-state index contributed by atoms with van der Waals surface area (Å²) in [5, 5.41) is 3.31. The smallest absolute Gasteiger partial charge is 0.341 e. The molecule has 24 heavy (non-hydrogen) atoms. The third-order valence-electron chi connectivity index (χ3n) is 4.44. The second-order valence-electron chi connectivity index (χ2n) is 6.18. The average Bonchev–Trinajstić information content (AvgIpc) is 3.25. The number of ether oxygens (including phenoxy) is 1. The Kier molecular flexibility index (Phi) is 6.30. The molecule has 1 saturated carbocycles. The molecule has 2 heterocycles. The molecule has 136 valence electrons. The molecule has 0 aromatic carbocycles. The summed E-state index contributed by atoms with van der Waals surface area (Å²) in [5.41, 5.74) is 0.104. The first kappa shape index (κ1) is 19.2. The van der Waals surface area contributed by atoms with E-state index in [0.29, 0.717) is 19.1 Å². The molecule has 0 unspecified atom stereocenters. The lowest BCUT2D eigenvalue weighted by Crippen LogP contribution is -2.45. The van der Waals surface area contributed by atoms with Gasteiger partial charge < -0.3 is 14.5 Å². The Balaban J connectivity index is 0.00000208. The van der Waals surface area contributed by atoms with Gasteiger partial charge in [-0.25, -0.2) is 13.2 Å². The molecule has 0 radical (unpaired) electrons. The van der Waals surface area contributed by atoms with Crippen LogP contribution in [0.25, 0.3) is 0 Å². The van der Waals surface area contributed by atoms with Gasteiger partial charge in [0, 0.05) is 25.2 Å². The summed E-state index contributed by atoms with van der Waals surface area (Å²) >= 11 is 0. The Morgan fingerprint density at radius 1 is 1.33 bits per heavy atom. The fourth-order valence-electron chi connectivity index (χ4n) is 2.76. The van der Waals surface area contributed by atoms with Gasteiger partial charge in [-0.2, -0.15) is 4.31 Å². The largest absolute Gasteiger partial charge is 0.465 e. The van der Waals surface area contributed by atoms with Crippen molar-refractivity contribution in [2.75, 3.05) is 26.7 Å². The van der Waals surface area contributed by atoms with Crippen LogP contribution in [0.5, 0.6) is 0 Å². The molecule has 9 heteroatoms. The Morgan fingerprint density at radius 2 is 2.00 bits per heavy atom. The molecule has 2 aliphatic rings. The van der Waals surface area contributed by atoms with E-state index in [4.69, 9.17) is 4.42 Å². The fourth-order valence-corrected chi connectivity index (χ4v) is 4.15. The van der Waals surface area contributed by atoms with E-state index >= 15 is 0 Å². The van der Waals surface area contributed by atoms with Gasteiger partial charge >= 0.3 is 5.97 Å². The summed E-state index contributed by atoms with van der Waals surface area (Å²) in [7, 11) is -2.46. The number of sulfonamides is 1. The molecule has 3 rings (SSSR count). The first-order valence-corrected chi connectivity index (χ1v) is 9.35. The maximum absolute atomic E-state index is 12.6. The van der Waals surface area contributed by atoms with Crippen LogP contribution in [0.2, 0.25) is 0 Å². The molecular weight excluding hydrogens is 356 g/mol. The van der Waals surface area contributed by atoms with Crippen LogP contribution in [0.4, 0.5) is 0 Å². The van der Waals surface area contributed by atoms with Crippen LogP contribution < -0.4 is 5.32 Å². The number of methoxy groups -OCH3 is 1. The van der Waals surface area contributed by atoms with E-state index in [2.05, 4.69) is 10.1 Å². The van der Waals surface area contributed by atoms with E-state index in [1.807, 2.05) is 0 Å². The maximum atomic E-state index is 12.6. The molecule has 1 aliphatic heterocycles. The predicted octanol–water partition coefficient (Wildman–Crippen LogP) is 1.64. The van der Waals surface area contributed by atoms with Crippen LogP contribution in [0.3, 0.4) is 0 Å². The number of piperidine rings is 1. The van der Waals surface area contributed by atoms with Crippen molar-refractivity contribution in [3.8, 4) is 0 Å². The van der Waals surface area contributed by atoms with Crippen LogP contribution in [0, 0.1) is 5.92 Å². The molecule has 1 aromatic rings. The van der Waals surface area contributed by atoms with Crippen molar-refractivity contribution in [3.05, 3.63) is 17.9 Å². The van der Waals surface area contributed by atoms with Gasteiger partial charge in [0.05, 0.1) is 12.7 Å². The summed E-state index contributed by atoms with van der Waals surface area (Å²) in [5.74, 6) is 0.204. The fraction of sp³-hybridized carbons (Fsp3) is 0.667. The summed E-state index contributed by atoms with van der Waals surface area (Å²) in [4.78, 5) is 11.4. The molecule has 7 nitrogen and oxygen atoms in total. The molecule has 0 bridgehead atoms. The lowest BCUT2D eigenvalue weighted by atomic mass is 10.1. The highest BCUT2D eigenvalue weighted by molar-refractivity contribution is 7.89. The standard InChI is InChI=1S/C15H22N2O5S.ClH/c1-21-15(18)12-8-14(22-10-12)23(19,20)17-6-4-13(5-7-17)16-9-11-2-3-11;/h8,10-11,13,16H,2-7,9H2,1H3;1H. The van der Waals surface area contributed by atoms with Crippen LogP contribution in [-0.4, -0.2) is 51.5 Å². The molecular formula is C15H23ClN2O5S. The van der Waals surface area contributed by atoms with E-state index in [-0.39, 0.29) is 23.1 Å². The van der Waals surface area contributed by atoms with Gasteiger partial charge in [0.1, 0.15) is 6.26 Å². The van der Waals surface area contributed by atoms with Gasteiger partial charge in [-0.1, -0.05) is 0 Å². The number of carbonyl (C=O) groups excluding carboxylic acids is 1. The summed E-state index contributed by atoms with van der Waals surface area (Å²) < 4.78 is 36.2. The zero-order valence-corrected chi connectivity index (χ0v) is 15.2. The topological polar surface area (TPSA) is 88.8 Å². The number of furan rings is 1. The van der Waals surface area contributed by atoms with Crippen molar-refractivity contribution < 1.29 is 22.4 Å². The minimum Gasteiger partial charge on any atom is -0.465 e. The Morgan fingerprint density at radius 3 is 2.58 bits per heavy atom. The highest BCUT2D eigenvalue weighted by atomic mass is 35.5. The Hall–Kier alpha value is -1.09. The zero-order chi connectivity index (χ0) is 16.4. The van der Waals surface area contributed by atoms with E-state index < -0.39 is 16.0 Å². The van der Waals surface area contributed by atoms with Crippen LogP contribution in [-0.2, 0) is 14.8 Å². The number of nitrogens with one attached hydrogen (secondary N) is 1. The van der Waals surface area contributed by atoms with Gasteiger partial charge in [0.15, 0.2) is 0 Å². The van der Waals surface area contributed by atoms with Crippen LogP contribution >= 0.6 is 12.4 Å². The molecule has 0 spiro atoms. The molecule has 1 saturated heterocycles. The van der Waals surface area contributed by atoms with Crippen molar-refractivity contribution >= 4 is 28.4 Å². The van der Waals surface area contributed by atoms with Crippen molar-refractivity contribution in [1.82, 2.24) is 9.62 Å². The van der Waals surface area contributed by atoms with Crippen LogP contribution in [0.1, 0.15) is 36.0 Å². The molecule has 0 atom stereocenters. The van der Waals surface area contributed by atoms with Crippen molar-refractivity contribution in [1.29, 1.82) is 0 Å². The van der Waals surface area contributed by atoms with Crippen molar-refractivity contribution in [3.63, 3.8) is 0 Å². The normalized spacial score (nSPS) is 19.7. The predicted molar refractivity (Wildman–Crippen MR) is 89.8 cm³/mol. The van der Waals surface area contributed by atoms with Gasteiger partial charge in [-0.15, -0.1) is 12.4 Å². The van der Waals surface area contributed by atoms with E-state index in [1.54, 1.807) is 0 Å². The number of halogens is 1. The minimum atomic E-state index is -3.69. The maximum Gasteiger partial charge on any atom is 0.341 e. The highest BCUT2D eigenvalue weighted by Gasteiger charge is 2.32. The van der Waals surface area contributed by atoms with E-state index in [0.717, 1.165) is 31.6 Å². The van der Waals surface area contributed by atoms with Gasteiger partial charge in [-0.3, -0.25) is 0 Å². The van der Waals surface area contributed by atoms with Gasteiger partial charge in [0.2, 0.25) is 5.09 Å². The average molecular weight is 379 g/mol. The lowest BCUT2D eigenvalue weighted by molar-refractivity contribution is 0.0600. The van der Waals surface area contributed by atoms with E-state index in [9.17, 15) is 13.2 Å². The Bertz CT molecular complexity index is 663. The zero-order valence-electron chi connectivity index (χ0n) is 13.6. The third-order valence-corrected chi connectivity index (χ3v) is 6.20. The molecule has 1 aromatic heterocycles. The molecule has 1 aliphatic carbocycles. The monoisotopic (exact) mass is 378 g/mol. The minimum absolute atomic E-state index is 0. The number of rotatable bonds is 6. The van der Waals surface area contributed by atoms with Gasteiger partial charge in [0.25, 0.3) is 10.0 Å². The van der Waals surface area contributed by atoms with Gasteiger partial charge in [-0.05, 0) is 38.1 Å². The SMILES string of the molecule is COC(=O)c1coc(S(=O)(=O)N2CCC(NCC3CC3)CC2)c1.Cl. The van der Waals surface area contributed by atoms with Crippen molar-refractivity contribution in [2.24, 2.45) is 5.92 Å². The number of hydrogen-bond donors (Lipinski definition) is 1. The highest BCUT2D eigenvalue weighted by Crippen LogP contribution is 2.28. The molecule has 1 N–H and O–H groups in total. The number of hydrogen-bond acceptors (Lipinski definition) is 6. The summed E-state index contributed by atoms with van der Waals surface area (Å²) in [6, 6.07) is 1.60. The van der Waals surface area contributed by atoms with Crippen molar-refractivity contribution in [2.45, 2.75) is 36.8 Å². The Labute approximate surface area is 148 Å². The van der Waals surface area contributed by atoms with Crippen LogP contribution in [0.15, 0.2) is 21.8 Å². The number of nitrogens with zero attached hydrogens (tertiary/aromatic N) is 1. The molecule has 2 fully saturated rings.